The van der Waals surface area contributed by atoms with Crippen LogP contribution >= 0.6 is 11.3 Å². The molecule has 0 amide bonds. The summed E-state index contributed by atoms with van der Waals surface area (Å²) < 4.78 is 38.2. The number of thiazole rings is 1. The number of hydrogen-bond donors (Lipinski definition) is 3. The van der Waals surface area contributed by atoms with E-state index in [2.05, 4.69) is 20.7 Å². The Labute approximate surface area is 123 Å². The zero-order valence-electron chi connectivity index (χ0n) is 11.2. The van der Waals surface area contributed by atoms with Crippen LogP contribution in [0.15, 0.2) is 17.5 Å². The van der Waals surface area contributed by atoms with E-state index in [1.807, 2.05) is 12.3 Å². The number of aromatic nitrogens is 2. The molecule has 4 N–H and O–H groups in total. The van der Waals surface area contributed by atoms with Crippen LogP contribution in [-0.2, 0) is 12.6 Å². The van der Waals surface area contributed by atoms with Gasteiger partial charge in [0.2, 0.25) is 0 Å². The smallest absolute Gasteiger partial charge is 0.370 e. The van der Waals surface area contributed by atoms with Crippen molar-refractivity contribution in [2.24, 2.45) is 5.84 Å². The lowest BCUT2D eigenvalue weighted by Crippen LogP contribution is -2.14. The number of nitrogens with one attached hydrogen (secondary N) is 2. The molecule has 0 aliphatic heterocycles. The van der Waals surface area contributed by atoms with E-state index in [1.54, 1.807) is 0 Å². The number of aryl methyl sites for hydroxylation is 1. The van der Waals surface area contributed by atoms with E-state index in [9.17, 15) is 13.2 Å². The summed E-state index contributed by atoms with van der Waals surface area (Å²) in [4.78, 5) is 8.21. The molecule has 9 heteroatoms. The largest absolute Gasteiger partial charge is 0.416 e. The van der Waals surface area contributed by atoms with Crippen LogP contribution in [0.3, 0.4) is 0 Å². The van der Waals surface area contributed by atoms with Crippen molar-refractivity contribution >= 4 is 23.0 Å². The number of rotatable bonds is 5. The zero-order chi connectivity index (χ0) is 15.5. The maximum Gasteiger partial charge on any atom is 0.416 e. The fraction of sp³-hybridized carbons (Fsp3) is 0.333. The van der Waals surface area contributed by atoms with Gasteiger partial charge in [-0.25, -0.2) is 15.8 Å². The average molecular weight is 317 g/mol. The van der Waals surface area contributed by atoms with Gasteiger partial charge in [0.05, 0.1) is 16.3 Å². The van der Waals surface area contributed by atoms with Gasteiger partial charge < -0.3 is 10.7 Å². The molecule has 0 radical (unpaired) electrons. The number of pyridine rings is 1. The Morgan fingerprint density at radius 1 is 1.24 bits per heavy atom. The number of hydrazine groups is 1. The summed E-state index contributed by atoms with van der Waals surface area (Å²) in [5, 5.41) is 5.72. The second kappa shape index (κ2) is 6.27. The average Bonchev–Trinajstić information content (AvgIpc) is 2.83. The van der Waals surface area contributed by atoms with Crippen LogP contribution in [0.4, 0.5) is 24.8 Å². The van der Waals surface area contributed by atoms with Crippen LogP contribution in [0.25, 0.3) is 0 Å². The van der Waals surface area contributed by atoms with Crippen molar-refractivity contribution in [3.63, 3.8) is 0 Å². The molecule has 0 saturated heterocycles. The Hall–Kier alpha value is -1.87. The number of hydrogen-bond acceptors (Lipinski definition) is 6. The second-order valence-corrected chi connectivity index (χ2v) is 5.37. The Morgan fingerprint density at radius 2 is 1.95 bits per heavy atom. The van der Waals surface area contributed by atoms with Crippen LogP contribution in [0.5, 0.6) is 0 Å². The first-order valence-corrected chi connectivity index (χ1v) is 6.97. The predicted molar refractivity (Wildman–Crippen MR) is 76.1 cm³/mol. The van der Waals surface area contributed by atoms with E-state index in [-0.39, 0.29) is 11.6 Å². The van der Waals surface area contributed by atoms with E-state index in [1.165, 1.54) is 11.3 Å². The van der Waals surface area contributed by atoms with E-state index in [0.717, 1.165) is 22.8 Å². The molecular weight excluding hydrogens is 303 g/mol. The van der Waals surface area contributed by atoms with Crippen molar-refractivity contribution in [3.8, 4) is 0 Å². The fourth-order valence-electron chi connectivity index (χ4n) is 1.70. The maximum atomic E-state index is 12.7. The molecule has 0 fully saturated rings. The number of nitrogen functional groups attached to an aromatic ring is 1. The minimum absolute atomic E-state index is 0.0446. The molecule has 114 valence electrons. The molecule has 0 unspecified atom stereocenters. The first-order valence-electron chi connectivity index (χ1n) is 6.09. The van der Waals surface area contributed by atoms with Crippen LogP contribution in [0.1, 0.15) is 16.3 Å². The molecule has 2 aromatic rings. The number of halogens is 3. The number of anilines is 2. The van der Waals surface area contributed by atoms with Gasteiger partial charge in [-0.15, -0.1) is 11.3 Å². The van der Waals surface area contributed by atoms with Crippen LogP contribution in [0, 0.1) is 6.92 Å². The van der Waals surface area contributed by atoms with E-state index in [0.29, 0.717) is 13.0 Å². The Balaban J connectivity index is 2.05. The fourth-order valence-corrected chi connectivity index (χ4v) is 2.35. The first-order chi connectivity index (χ1) is 9.88. The topological polar surface area (TPSA) is 75.9 Å². The quantitative estimate of drug-likeness (QED) is 0.584. The number of nitrogens with two attached hydrogens (primary N) is 1. The molecule has 2 heterocycles. The van der Waals surface area contributed by atoms with E-state index < -0.39 is 11.7 Å². The van der Waals surface area contributed by atoms with Crippen LogP contribution in [-0.4, -0.2) is 16.5 Å². The molecule has 0 aliphatic rings. The molecule has 2 rings (SSSR count). The highest BCUT2D eigenvalue weighted by atomic mass is 32.1. The minimum atomic E-state index is -4.45. The molecule has 0 bridgehead atoms. The molecule has 21 heavy (non-hydrogen) atoms. The van der Waals surface area contributed by atoms with Crippen molar-refractivity contribution in [1.29, 1.82) is 0 Å². The molecular formula is C12H14F3N5S. The monoisotopic (exact) mass is 317 g/mol. The van der Waals surface area contributed by atoms with Crippen molar-refractivity contribution in [3.05, 3.63) is 33.8 Å². The number of nitrogens with zero attached hydrogens (tertiary/aromatic N) is 2. The van der Waals surface area contributed by atoms with Gasteiger partial charge in [0.1, 0.15) is 11.6 Å². The van der Waals surface area contributed by atoms with Crippen molar-refractivity contribution in [2.75, 3.05) is 17.3 Å². The van der Waals surface area contributed by atoms with Gasteiger partial charge in [0.25, 0.3) is 0 Å². The zero-order valence-corrected chi connectivity index (χ0v) is 12.0. The highest BCUT2D eigenvalue weighted by molar-refractivity contribution is 7.09. The van der Waals surface area contributed by atoms with Gasteiger partial charge in [-0.1, -0.05) is 0 Å². The van der Waals surface area contributed by atoms with E-state index in [4.69, 9.17) is 5.84 Å². The number of alkyl halides is 3. The summed E-state index contributed by atoms with van der Waals surface area (Å²) in [6, 6.07) is 1.81. The lowest BCUT2D eigenvalue weighted by Gasteiger charge is -2.12. The lowest BCUT2D eigenvalue weighted by atomic mass is 10.2. The Morgan fingerprint density at radius 3 is 2.52 bits per heavy atom. The van der Waals surface area contributed by atoms with Gasteiger partial charge >= 0.3 is 6.18 Å². The Bertz CT molecular complexity index is 611. The highest BCUT2D eigenvalue weighted by Crippen LogP contribution is 2.31. The maximum absolute atomic E-state index is 12.7. The third-order valence-electron chi connectivity index (χ3n) is 2.65. The van der Waals surface area contributed by atoms with Gasteiger partial charge in [0.15, 0.2) is 0 Å². The first kappa shape index (κ1) is 15.5. The minimum Gasteiger partial charge on any atom is -0.370 e. The van der Waals surface area contributed by atoms with Gasteiger partial charge in [-0.2, -0.15) is 13.2 Å². The van der Waals surface area contributed by atoms with Crippen molar-refractivity contribution in [2.45, 2.75) is 19.5 Å². The van der Waals surface area contributed by atoms with Crippen LogP contribution in [0.2, 0.25) is 0 Å². The third kappa shape index (κ3) is 4.30. The summed E-state index contributed by atoms with van der Waals surface area (Å²) in [6.45, 7) is 2.33. The molecule has 2 aromatic heterocycles. The molecule has 0 atom stereocenters. The summed E-state index contributed by atoms with van der Waals surface area (Å²) in [6.07, 6.45) is -3.84. The highest BCUT2D eigenvalue weighted by Gasteiger charge is 2.31. The summed E-state index contributed by atoms with van der Waals surface area (Å²) >= 11 is 1.53. The van der Waals surface area contributed by atoms with Gasteiger partial charge in [0, 0.05) is 18.3 Å². The third-order valence-corrected chi connectivity index (χ3v) is 3.48. The molecule has 0 spiro atoms. The SMILES string of the molecule is Cc1nc(CCNc2cc(C(F)(F)F)cc(NN)n2)cs1. The molecule has 0 aromatic carbocycles. The second-order valence-electron chi connectivity index (χ2n) is 4.30. The Kier molecular flexibility index (Phi) is 4.63. The summed E-state index contributed by atoms with van der Waals surface area (Å²) in [7, 11) is 0. The summed E-state index contributed by atoms with van der Waals surface area (Å²) in [5.41, 5.74) is 2.22. The lowest BCUT2D eigenvalue weighted by molar-refractivity contribution is -0.137. The van der Waals surface area contributed by atoms with Crippen LogP contribution < -0.4 is 16.6 Å². The predicted octanol–water partition coefficient (Wildman–Crippen LogP) is 2.81. The summed E-state index contributed by atoms with van der Waals surface area (Å²) in [5.74, 6) is 5.21. The standard InChI is InChI=1S/C12H14F3N5S/c1-7-18-9(6-21-7)2-3-17-10-4-8(12(13,14)15)5-11(19-10)20-16/h4-6H,2-3,16H2,1H3,(H2,17,19,20). The van der Waals surface area contributed by atoms with E-state index >= 15 is 0 Å². The van der Waals surface area contributed by atoms with Gasteiger partial charge in [-0.05, 0) is 19.1 Å². The van der Waals surface area contributed by atoms with Gasteiger partial charge in [-0.3, -0.25) is 0 Å². The molecule has 0 aliphatic carbocycles. The van der Waals surface area contributed by atoms with Crippen molar-refractivity contribution in [1.82, 2.24) is 9.97 Å². The molecule has 5 nitrogen and oxygen atoms in total. The normalized spacial score (nSPS) is 11.5. The van der Waals surface area contributed by atoms with Crippen molar-refractivity contribution < 1.29 is 13.2 Å². The molecule has 0 saturated carbocycles.